The van der Waals surface area contributed by atoms with Crippen LogP contribution in [0.5, 0.6) is 5.75 Å². The molecule has 0 aromatic carbocycles. The second-order valence-corrected chi connectivity index (χ2v) is 3.21. The molecular weight excluding hydrogens is 170 g/mol. The van der Waals surface area contributed by atoms with Gasteiger partial charge in [-0.15, -0.1) is 0 Å². The first-order valence-corrected chi connectivity index (χ1v) is 4.24. The Hall–Kier alpha value is -1.07. The predicted octanol–water partition coefficient (Wildman–Crippen LogP) is -0.475. The van der Waals surface area contributed by atoms with Crippen molar-refractivity contribution >= 4 is 0 Å². The van der Waals surface area contributed by atoms with E-state index >= 15 is 0 Å². The molecule has 2 heterocycles. The van der Waals surface area contributed by atoms with Gasteiger partial charge < -0.3 is 15.2 Å². The Morgan fingerprint density at radius 3 is 3.08 bits per heavy atom. The molecule has 2 atom stereocenters. The number of nitrogens with zero attached hydrogens (tertiary/aromatic N) is 2. The van der Waals surface area contributed by atoms with Crippen LogP contribution in [0, 0.1) is 0 Å². The van der Waals surface area contributed by atoms with Crippen molar-refractivity contribution in [2.45, 2.75) is 12.1 Å². The first-order valence-electron chi connectivity index (χ1n) is 4.24. The molecule has 13 heavy (non-hydrogen) atoms. The van der Waals surface area contributed by atoms with Crippen LogP contribution >= 0.6 is 0 Å². The maximum Gasteiger partial charge on any atom is 0.157 e. The monoisotopic (exact) mass is 183 g/mol. The van der Waals surface area contributed by atoms with E-state index in [0.29, 0.717) is 13.2 Å². The molecule has 0 saturated carbocycles. The predicted molar refractivity (Wildman–Crippen MR) is 46.4 cm³/mol. The number of hydrogen-bond acceptors (Lipinski definition) is 4. The van der Waals surface area contributed by atoms with E-state index in [1.807, 2.05) is 13.2 Å². The molecule has 1 saturated heterocycles. The molecule has 5 heteroatoms. The van der Waals surface area contributed by atoms with Gasteiger partial charge in [0.1, 0.15) is 6.10 Å². The molecular formula is C8H13N3O2. The summed E-state index contributed by atoms with van der Waals surface area (Å²) in [5.74, 6) is 0.744. The molecule has 1 aliphatic heterocycles. The Bertz CT molecular complexity index is 287. The maximum atomic E-state index is 5.76. The van der Waals surface area contributed by atoms with Gasteiger partial charge in [0.2, 0.25) is 0 Å². The van der Waals surface area contributed by atoms with E-state index in [2.05, 4.69) is 5.10 Å². The summed E-state index contributed by atoms with van der Waals surface area (Å²) in [7, 11) is 1.85. The van der Waals surface area contributed by atoms with Crippen molar-refractivity contribution in [3.63, 3.8) is 0 Å². The van der Waals surface area contributed by atoms with Gasteiger partial charge in [-0.05, 0) is 0 Å². The van der Waals surface area contributed by atoms with Gasteiger partial charge in [-0.1, -0.05) is 0 Å². The normalized spacial score (nSPS) is 27.8. The molecule has 0 aliphatic carbocycles. The van der Waals surface area contributed by atoms with E-state index < -0.39 is 0 Å². The van der Waals surface area contributed by atoms with Gasteiger partial charge in [0.15, 0.2) is 5.75 Å². The van der Waals surface area contributed by atoms with Crippen LogP contribution in [-0.4, -0.2) is 35.1 Å². The molecule has 0 amide bonds. The van der Waals surface area contributed by atoms with Crippen LogP contribution in [-0.2, 0) is 11.8 Å². The van der Waals surface area contributed by atoms with Crippen molar-refractivity contribution in [3.05, 3.63) is 12.4 Å². The van der Waals surface area contributed by atoms with Gasteiger partial charge in [0.25, 0.3) is 0 Å². The van der Waals surface area contributed by atoms with Gasteiger partial charge >= 0.3 is 0 Å². The maximum absolute atomic E-state index is 5.76. The summed E-state index contributed by atoms with van der Waals surface area (Å²) in [6.07, 6.45) is 3.44. The summed E-state index contributed by atoms with van der Waals surface area (Å²) in [4.78, 5) is 0. The third-order valence-electron chi connectivity index (χ3n) is 2.04. The van der Waals surface area contributed by atoms with E-state index in [1.165, 1.54) is 0 Å². The SMILES string of the molecule is Cn1cc(OC2COCC2N)cn1. The average Bonchev–Trinajstić information content (AvgIpc) is 2.64. The Labute approximate surface area is 76.4 Å². The number of ether oxygens (including phenoxy) is 2. The highest BCUT2D eigenvalue weighted by Gasteiger charge is 2.26. The molecule has 2 N–H and O–H groups in total. The molecule has 5 nitrogen and oxygen atoms in total. The van der Waals surface area contributed by atoms with Gasteiger partial charge in [0.05, 0.1) is 31.6 Å². The summed E-state index contributed by atoms with van der Waals surface area (Å²) in [6, 6.07) is -0.0276. The van der Waals surface area contributed by atoms with Gasteiger partial charge in [0, 0.05) is 7.05 Å². The van der Waals surface area contributed by atoms with E-state index in [1.54, 1.807) is 10.9 Å². The summed E-state index contributed by atoms with van der Waals surface area (Å²) in [6.45, 7) is 1.14. The van der Waals surface area contributed by atoms with Crippen molar-refractivity contribution < 1.29 is 9.47 Å². The highest BCUT2D eigenvalue weighted by atomic mass is 16.5. The highest BCUT2D eigenvalue weighted by molar-refractivity contribution is 5.12. The fourth-order valence-corrected chi connectivity index (χ4v) is 1.31. The third kappa shape index (κ3) is 1.81. The fraction of sp³-hybridized carbons (Fsp3) is 0.625. The molecule has 1 fully saturated rings. The second kappa shape index (κ2) is 3.35. The van der Waals surface area contributed by atoms with Gasteiger partial charge in [-0.2, -0.15) is 5.10 Å². The van der Waals surface area contributed by atoms with Crippen LogP contribution in [0.25, 0.3) is 0 Å². The fourth-order valence-electron chi connectivity index (χ4n) is 1.31. The zero-order valence-electron chi connectivity index (χ0n) is 7.51. The first-order chi connectivity index (χ1) is 6.25. The van der Waals surface area contributed by atoms with Crippen LogP contribution in [0.4, 0.5) is 0 Å². The van der Waals surface area contributed by atoms with Crippen molar-refractivity contribution in [1.82, 2.24) is 9.78 Å². The van der Waals surface area contributed by atoms with Gasteiger partial charge in [-0.3, -0.25) is 4.68 Å². The van der Waals surface area contributed by atoms with Gasteiger partial charge in [-0.25, -0.2) is 0 Å². The van der Waals surface area contributed by atoms with Crippen molar-refractivity contribution in [2.24, 2.45) is 12.8 Å². The lowest BCUT2D eigenvalue weighted by Gasteiger charge is -2.13. The van der Waals surface area contributed by atoms with Crippen LogP contribution in [0.15, 0.2) is 12.4 Å². The standard InChI is InChI=1S/C8H13N3O2/c1-11-3-6(2-10-11)13-8-5-12-4-7(8)9/h2-3,7-8H,4-5,9H2,1H3. The minimum absolute atomic E-state index is 0.0276. The zero-order chi connectivity index (χ0) is 9.26. The lowest BCUT2D eigenvalue weighted by atomic mass is 10.2. The Morgan fingerprint density at radius 1 is 1.69 bits per heavy atom. The molecule has 72 valence electrons. The van der Waals surface area contributed by atoms with E-state index in [-0.39, 0.29) is 12.1 Å². The van der Waals surface area contributed by atoms with Crippen LogP contribution in [0.2, 0.25) is 0 Å². The lowest BCUT2D eigenvalue weighted by molar-refractivity contribution is 0.140. The molecule has 0 spiro atoms. The average molecular weight is 183 g/mol. The minimum atomic E-state index is -0.0378. The Morgan fingerprint density at radius 2 is 2.54 bits per heavy atom. The summed E-state index contributed by atoms with van der Waals surface area (Å²) in [5.41, 5.74) is 5.76. The quantitative estimate of drug-likeness (QED) is 0.673. The topological polar surface area (TPSA) is 62.3 Å². The Kier molecular flexibility index (Phi) is 2.20. The summed E-state index contributed by atoms with van der Waals surface area (Å²) < 4.78 is 12.4. The number of rotatable bonds is 2. The van der Waals surface area contributed by atoms with Crippen molar-refractivity contribution in [1.29, 1.82) is 0 Å². The lowest BCUT2D eigenvalue weighted by Crippen LogP contribution is -2.37. The number of aromatic nitrogens is 2. The van der Waals surface area contributed by atoms with Crippen molar-refractivity contribution in [2.75, 3.05) is 13.2 Å². The zero-order valence-corrected chi connectivity index (χ0v) is 7.51. The number of aryl methyl sites for hydroxylation is 1. The molecule has 1 aromatic rings. The van der Waals surface area contributed by atoms with Crippen LogP contribution in [0.3, 0.4) is 0 Å². The Balaban J connectivity index is 1.97. The van der Waals surface area contributed by atoms with E-state index in [0.717, 1.165) is 5.75 Å². The molecule has 2 rings (SSSR count). The van der Waals surface area contributed by atoms with Crippen molar-refractivity contribution in [3.8, 4) is 5.75 Å². The summed E-state index contributed by atoms with van der Waals surface area (Å²) >= 11 is 0. The smallest absolute Gasteiger partial charge is 0.157 e. The highest BCUT2D eigenvalue weighted by Crippen LogP contribution is 2.14. The molecule has 1 aliphatic rings. The molecule has 0 radical (unpaired) electrons. The summed E-state index contributed by atoms with van der Waals surface area (Å²) in [5, 5.41) is 3.99. The van der Waals surface area contributed by atoms with Crippen LogP contribution < -0.4 is 10.5 Å². The molecule has 0 bridgehead atoms. The van der Waals surface area contributed by atoms with E-state index in [9.17, 15) is 0 Å². The number of hydrogen-bond donors (Lipinski definition) is 1. The van der Waals surface area contributed by atoms with Crippen LogP contribution in [0.1, 0.15) is 0 Å². The number of nitrogens with two attached hydrogens (primary N) is 1. The van der Waals surface area contributed by atoms with E-state index in [4.69, 9.17) is 15.2 Å². The minimum Gasteiger partial charge on any atom is -0.483 e. The largest absolute Gasteiger partial charge is 0.483 e. The molecule has 1 aromatic heterocycles. The second-order valence-electron chi connectivity index (χ2n) is 3.21. The first kappa shape index (κ1) is 8.52. The third-order valence-corrected chi connectivity index (χ3v) is 2.04. The molecule has 2 unspecified atom stereocenters.